The first-order valence-corrected chi connectivity index (χ1v) is 18.5. The second-order valence-corrected chi connectivity index (χ2v) is 17.7. The normalized spacial score (nSPS) is 15.3. The van der Waals surface area contributed by atoms with Crippen molar-refractivity contribution in [2.24, 2.45) is 0 Å². The van der Waals surface area contributed by atoms with Crippen LogP contribution in [-0.2, 0) is 33.4 Å². The van der Waals surface area contributed by atoms with Crippen LogP contribution >= 0.6 is 11.8 Å². The smallest absolute Gasteiger partial charge is 0.407 e. The zero-order valence-electron chi connectivity index (χ0n) is 32.0. The highest BCUT2D eigenvalue weighted by atomic mass is 32.2. The number of carboxylic acids is 1. The molecule has 0 radical (unpaired) electrons. The lowest BCUT2D eigenvalue weighted by Crippen LogP contribution is -2.59. The molecule has 52 heavy (non-hydrogen) atoms. The maximum absolute atomic E-state index is 13.9. The number of fused-ring (bicyclic) bond motifs is 3. The van der Waals surface area contributed by atoms with Gasteiger partial charge in [-0.15, -0.1) is 0 Å². The Bertz CT molecular complexity index is 1550. The number of carboxylic acid groups (broad SMARTS) is 1. The number of nitrogens with one attached hydrogen (secondary N) is 3. The number of rotatable bonds is 15. The van der Waals surface area contributed by atoms with Gasteiger partial charge in [-0.3, -0.25) is 14.4 Å². The first-order valence-electron chi connectivity index (χ1n) is 17.5. The summed E-state index contributed by atoms with van der Waals surface area (Å²) in [6.07, 6.45) is -2.14. The van der Waals surface area contributed by atoms with E-state index in [1.165, 1.54) is 11.8 Å². The van der Waals surface area contributed by atoms with Gasteiger partial charge in [-0.1, -0.05) is 69.3 Å². The van der Waals surface area contributed by atoms with E-state index in [-0.39, 0.29) is 35.9 Å². The Hall–Kier alpha value is -4.10. The molecule has 0 unspecified atom stereocenters. The fraction of sp³-hybridized carbons (Fsp3) is 0.564. The van der Waals surface area contributed by atoms with Crippen molar-refractivity contribution in [2.45, 2.75) is 128 Å². The van der Waals surface area contributed by atoms with Crippen molar-refractivity contribution in [3.63, 3.8) is 0 Å². The number of carbonyl (C=O) groups excluding carboxylic acids is 4. The van der Waals surface area contributed by atoms with E-state index in [1.54, 1.807) is 48.5 Å². The Labute approximate surface area is 311 Å². The Morgan fingerprint density at radius 3 is 1.81 bits per heavy atom. The van der Waals surface area contributed by atoms with Gasteiger partial charge in [0.15, 0.2) is 6.04 Å². The number of ether oxygens (including phenoxy) is 3. The molecule has 286 valence electrons. The van der Waals surface area contributed by atoms with Crippen LogP contribution in [0.15, 0.2) is 48.5 Å². The molecule has 12 nitrogen and oxygen atoms in total. The number of hydrogen-bond acceptors (Lipinski definition) is 9. The van der Waals surface area contributed by atoms with Gasteiger partial charge in [0.1, 0.15) is 24.3 Å². The SMILES string of the molecule is C[C@H](OC(C)(C)C)[C@H](NC(=O)[C@H](CSC(C)(C)C)NC(=O)[C@@H](CCC(=O)OC(C)(C)C)NC(=O)OCC1c2ccccc2-c2ccccc21)C(=O)O. The van der Waals surface area contributed by atoms with Crippen LogP contribution in [0, 0.1) is 0 Å². The molecule has 3 rings (SSSR count). The van der Waals surface area contributed by atoms with Crippen molar-refractivity contribution >= 4 is 41.6 Å². The maximum Gasteiger partial charge on any atom is 0.407 e. The summed E-state index contributed by atoms with van der Waals surface area (Å²) in [5.41, 5.74) is 2.70. The van der Waals surface area contributed by atoms with Gasteiger partial charge in [0.25, 0.3) is 0 Å². The number of thioether (sulfide) groups is 1. The van der Waals surface area contributed by atoms with Crippen molar-refractivity contribution in [3.8, 4) is 11.1 Å². The van der Waals surface area contributed by atoms with Crippen LogP contribution in [0.5, 0.6) is 0 Å². The second kappa shape index (κ2) is 17.6. The molecule has 0 fully saturated rings. The van der Waals surface area contributed by atoms with E-state index in [4.69, 9.17) is 14.2 Å². The first kappa shape index (κ1) is 42.3. The molecular weight excluding hydrogens is 687 g/mol. The molecule has 2 aromatic rings. The maximum atomic E-state index is 13.9. The fourth-order valence-corrected chi connectivity index (χ4v) is 6.66. The van der Waals surface area contributed by atoms with Crippen molar-refractivity contribution in [1.82, 2.24) is 16.0 Å². The van der Waals surface area contributed by atoms with Gasteiger partial charge in [0.2, 0.25) is 11.8 Å². The van der Waals surface area contributed by atoms with Crippen LogP contribution in [-0.4, -0.2) is 87.5 Å². The van der Waals surface area contributed by atoms with E-state index in [9.17, 15) is 29.1 Å². The van der Waals surface area contributed by atoms with Crippen LogP contribution in [0.4, 0.5) is 4.79 Å². The molecule has 0 heterocycles. The van der Waals surface area contributed by atoms with Gasteiger partial charge < -0.3 is 35.3 Å². The summed E-state index contributed by atoms with van der Waals surface area (Å²) in [4.78, 5) is 65.7. The number of benzene rings is 2. The van der Waals surface area contributed by atoms with E-state index in [2.05, 4.69) is 16.0 Å². The van der Waals surface area contributed by atoms with Crippen molar-refractivity contribution in [3.05, 3.63) is 59.7 Å². The lowest BCUT2D eigenvalue weighted by Gasteiger charge is -2.31. The summed E-state index contributed by atoms with van der Waals surface area (Å²) in [6.45, 7) is 17.8. The molecule has 0 spiro atoms. The molecule has 4 N–H and O–H groups in total. The van der Waals surface area contributed by atoms with E-state index in [1.807, 2.05) is 69.3 Å². The highest BCUT2D eigenvalue weighted by Crippen LogP contribution is 2.44. The number of carbonyl (C=O) groups is 5. The van der Waals surface area contributed by atoms with Gasteiger partial charge >= 0.3 is 18.0 Å². The number of esters is 1. The molecule has 0 saturated carbocycles. The largest absolute Gasteiger partial charge is 0.480 e. The number of alkyl carbamates (subject to hydrolysis) is 1. The van der Waals surface area contributed by atoms with Gasteiger partial charge in [0.05, 0.1) is 11.7 Å². The quantitative estimate of drug-likeness (QED) is 0.164. The van der Waals surface area contributed by atoms with E-state index in [0.29, 0.717) is 0 Å². The van der Waals surface area contributed by atoms with Crippen LogP contribution in [0.3, 0.4) is 0 Å². The topological polar surface area (TPSA) is 169 Å². The zero-order valence-corrected chi connectivity index (χ0v) is 32.8. The Kier molecular flexibility index (Phi) is 14.3. The highest BCUT2D eigenvalue weighted by Gasteiger charge is 2.35. The molecule has 0 saturated heterocycles. The lowest BCUT2D eigenvalue weighted by molar-refractivity contribution is -0.155. The van der Waals surface area contributed by atoms with Crippen molar-refractivity contribution in [1.29, 1.82) is 0 Å². The van der Waals surface area contributed by atoms with Crippen LogP contribution in [0.25, 0.3) is 11.1 Å². The van der Waals surface area contributed by atoms with E-state index < -0.39 is 65.3 Å². The summed E-state index contributed by atoms with van der Waals surface area (Å²) in [7, 11) is 0. The minimum absolute atomic E-state index is 0.00108. The molecule has 3 amide bonds. The molecule has 13 heteroatoms. The third-order valence-corrected chi connectivity index (χ3v) is 9.26. The minimum atomic E-state index is -1.41. The standard InChI is InChI=1S/C39H55N3O9S/c1-23(50-37(2,3)4)32(35(46)47)42-34(45)30(22-52-39(8,9)10)40-33(44)29(19-20-31(43)51-38(5,6)7)41-36(48)49-21-28-26-17-13-11-15-24(26)25-16-12-14-18-27(25)28/h11-18,23,28-30,32H,19-22H2,1-10H3,(H,40,44)(H,41,48)(H,42,45)(H,46,47)/t23-,29+,30-,32-/m0/s1. The van der Waals surface area contributed by atoms with E-state index in [0.717, 1.165) is 22.3 Å². The number of amides is 3. The van der Waals surface area contributed by atoms with Gasteiger partial charge in [-0.25, -0.2) is 9.59 Å². The van der Waals surface area contributed by atoms with Gasteiger partial charge in [0, 0.05) is 22.8 Å². The molecule has 4 atom stereocenters. The average Bonchev–Trinajstić information content (AvgIpc) is 3.33. The van der Waals surface area contributed by atoms with Crippen molar-refractivity contribution < 1.29 is 43.3 Å². The minimum Gasteiger partial charge on any atom is -0.480 e. The first-order chi connectivity index (χ1) is 24.0. The molecule has 1 aliphatic rings. The molecule has 0 aliphatic heterocycles. The van der Waals surface area contributed by atoms with Gasteiger partial charge in [-0.05, 0) is 77.1 Å². The predicted octanol–water partition coefficient (Wildman–Crippen LogP) is 5.81. The summed E-state index contributed by atoms with van der Waals surface area (Å²) < 4.78 is 16.6. The number of aliphatic carboxylic acids is 1. The molecule has 1 aliphatic carbocycles. The summed E-state index contributed by atoms with van der Waals surface area (Å²) >= 11 is 1.39. The predicted molar refractivity (Wildman–Crippen MR) is 201 cm³/mol. The monoisotopic (exact) mass is 741 g/mol. The number of hydrogen-bond donors (Lipinski definition) is 4. The molecule has 2 aromatic carbocycles. The Morgan fingerprint density at radius 1 is 0.769 bits per heavy atom. The molecule has 0 aromatic heterocycles. The summed E-state index contributed by atoms with van der Waals surface area (Å²) in [5.74, 6) is -3.50. The Morgan fingerprint density at radius 2 is 1.31 bits per heavy atom. The third-order valence-electron chi connectivity index (χ3n) is 7.90. The van der Waals surface area contributed by atoms with Crippen LogP contribution in [0.2, 0.25) is 0 Å². The summed E-state index contributed by atoms with van der Waals surface area (Å²) in [6, 6.07) is 11.9. The molecule has 0 bridgehead atoms. The van der Waals surface area contributed by atoms with Crippen molar-refractivity contribution in [2.75, 3.05) is 12.4 Å². The summed E-state index contributed by atoms with van der Waals surface area (Å²) in [5, 5.41) is 17.8. The van der Waals surface area contributed by atoms with E-state index >= 15 is 0 Å². The lowest BCUT2D eigenvalue weighted by atomic mass is 9.98. The second-order valence-electron chi connectivity index (χ2n) is 15.9. The fourth-order valence-electron chi connectivity index (χ4n) is 5.75. The zero-order chi connectivity index (χ0) is 39.0. The van der Waals surface area contributed by atoms with Gasteiger partial charge in [-0.2, -0.15) is 11.8 Å². The van der Waals surface area contributed by atoms with Crippen LogP contribution in [0.1, 0.15) is 99.1 Å². The van der Waals surface area contributed by atoms with Crippen LogP contribution < -0.4 is 16.0 Å². The third kappa shape index (κ3) is 13.1. The average molecular weight is 742 g/mol. The Balaban J connectivity index is 1.81. The highest BCUT2D eigenvalue weighted by molar-refractivity contribution is 8.00. The molecular formula is C39H55N3O9S.